The van der Waals surface area contributed by atoms with Crippen molar-refractivity contribution < 1.29 is 38.6 Å². The van der Waals surface area contributed by atoms with Crippen LogP contribution in [0, 0.1) is 0 Å². The first kappa shape index (κ1) is 10.6. The van der Waals surface area contributed by atoms with Gasteiger partial charge in [-0.05, 0) is 0 Å². The van der Waals surface area contributed by atoms with Gasteiger partial charge in [-0.25, -0.2) is 4.31 Å². The molecule has 1 unspecified atom stereocenters. The third kappa shape index (κ3) is 2.01. The quantitative estimate of drug-likeness (QED) is 0.226. The Morgan fingerprint density at radius 1 is 1.36 bits per heavy atom. The molecule has 0 aromatic carbocycles. The third-order valence-corrected chi connectivity index (χ3v) is 1.58. The molecule has 0 fully saturated rings. The molecule has 1 aliphatic heterocycles. The standard InChI is InChI=1S/C4H3NO4S.Li.H/c6-3-1-2-4(7)5(3)10(8)9;;/h1-2H,(H,8,9);;/q;+1;-1/p-1. The summed E-state index contributed by atoms with van der Waals surface area (Å²) in [6, 6.07) is 0. The van der Waals surface area contributed by atoms with Crippen molar-refractivity contribution in [1.29, 1.82) is 0 Å². The van der Waals surface area contributed by atoms with Crippen LogP contribution in [0.15, 0.2) is 12.2 Å². The summed E-state index contributed by atoms with van der Waals surface area (Å²) in [4.78, 5) is 20.9. The summed E-state index contributed by atoms with van der Waals surface area (Å²) >= 11 is -2.78. The summed E-state index contributed by atoms with van der Waals surface area (Å²) in [5.41, 5.74) is 0. The van der Waals surface area contributed by atoms with E-state index in [0.29, 0.717) is 0 Å². The first-order valence-electron chi connectivity index (χ1n) is 2.28. The van der Waals surface area contributed by atoms with Crippen LogP contribution in [0.1, 0.15) is 1.43 Å². The molecule has 0 aliphatic carbocycles. The van der Waals surface area contributed by atoms with Crippen molar-refractivity contribution in [3.8, 4) is 0 Å². The molecule has 1 atom stereocenters. The number of rotatable bonds is 1. The molecule has 0 aromatic heterocycles. The molecular weight excluding hydrogens is 165 g/mol. The monoisotopic (exact) mass is 168 g/mol. The van der Waals surface area contributed by atoms with Crippen molar-refractivity contribution in [2.24, 2.45) is 0 Å². The van der Waals surface area contributed by atoms with E-state index < -0.39 is 23.1 Å². The molecule has 0 radical (unpaired) electrons. The van der Waals surface area contributed by atoms with Gasteiger partial charge in [-0.15, -0.1) is 0 Å². The van der Waals surface area contributed by atoms with Gasteiger partial charge < -0.3 is 5.98 Å². The average molecular weight is 168 g/mol. The van der Waals surface area contributed by atoms with Gasteiger partial charge in [0.1, 0.15) is 0 Å². The second-order valence-corrected chi connectivity index (χ2v) is 2.32. The molecule has 1 aliphatic rings. The van der Waals surface area contributed by atoms with Gasteiger partial charge in [0.25, 0.3) is 11.8 Å². The molecule has 1 rings (SSSR count). The predicted molar refractivity (Wildman–Crippen MR) is 31.0 cm³/mol. The zero-order valence-electron chi connectivity index (χ0n) is 6.64. The SMILES string of the molecule is O=C1C=CC(=O)N1S(=O)[O-].[H-].[Li+]. The second-order valence-electron chi connectivity index (χ2n) is 1.52. The molecule has 5 nitrogen and oxygen atoms in total. The van der Waals surface area contributed by atoms with Gasteiger partial charge in [-0.2, -0.15) is 0 Å². The van der Waals surface area contributed by atoms with Crippen LogP contribution >= 0.6 is 0 Å². The fraction of sp³-hybridized carbons (Fsp3) is 0. The number of imide groups is 1. The molecule has 0 saturated carbocycles. The average Bonchev–Trinajstić information content (AvgIpc) is 2.11. The number of carbonyl (C=O) groups is 2. The van der Waals surface area contributed by atoms with Crippen molar-refractivity contribution in [2.45, 2.75) is 0 Å². The Morgan fingerprint density at radius 2 is 1.73 bits per heavy atom. The van der Waals surface area contributed by atoms with Crippen LogP contribution in [0.4, 0.5) is 0 Å². The van der Waals surface area contributed by atoms with Crippen molar-refractivity contribution in [3.63, 3.8) is 0 Å². The Morgan fingerprint density at radius 3 is 1.91 bits per heavy atom. The first-order chi connectivity index (χ1) is 4.63. The molecule has 1 heterocycles. The molecule has 0 spiro atoms. The Labute approximate surface area is 78.5 Å². The van der Waals surface area contributed by atoms with E-state index in [9.17, 15) is 18.4 Å². The molecular formula is C4H3LiNO4S-. The number of hydrogen-bond donors (Lipinski definition) is 0. The summed E-state index contributed by atoms with van der Waals surface area (Å²) in [6.45, 7) is 0. The van der Waals surface area contributed by atoms with E-state index in [-0.39, 0.29) is 24.6 Å². The molecule has 0 bridgehead atoms. The molecule has 0 saturated heterocycles. The van der Waals surface area contributed by atoms with Gasteiger partial charge in [-0.1, -0.05) is 0 Å². The van der Waals surface area contributed by atoms with Gasteiger partial charge in [0, 0.05) is 12.2 Å². The Kier molecular flexibility index (Phi) is 3.69. The molecule has 0 N–H and O–H groups in total. The minimum absolute atomic E-state index is 0. The van der Waals surface area contributed by atoms with Crippen molar-refractivity contribution >= 4 is 23.1 Å². The molecule has 11 heavy (non-hydrogen) atoms. The Balaban J connectivity index is 0. The maximum absolute atomic E-state index is 10.5. The van der Waals surface area contributed by atoms with Crippen LogP contribution in [0.25, 0.3) is 0 Å². The Bertz CT molecular complexity index is 237. The first-order valence-corrected chi connectivity index (χ1v) is 3.31. The van der Waals surface area contributed by atoms with Gasteiger partial charge in [0.15, 0.2) is 0 Å². The van der Waals surface area contributed by atoms with Gasteiger partial charge in [0.05, 0.1) is 11.3 Å². The van der Waals surface area contributed by atoms with E-state index >= 15 is 0 Å². The fourth-order valence-electron chi connectivity index (χ4n) is 0.534. The molecule has 2 amide bonds. The van der Waals surface area contributed by atoms with E-state index in [1.54, 1.807) is 0 Å². The summed E-state index contributed by atoms with van der Waals surface area (Å²) in [6.07, 6.45) is 1.80. The summed E-state index contributed by atoms with van der Waals surface area (Å²) in [5, 5.41) is 0. The minimum atomic E-state index is -2.78. The zero-order valence-corrected chi connectivity index (χ0v) is 6.46. The number of amides is 2. The Hall–Kier alpha value is -0.413. The van der Waals surface area contributed by atoms with Crippen LogP contribution in [0.3, 0.4) is 0 Å². The van der Waals surface area contributed by atoms with E-state index in [0.717, 1.165) is 12.2 Å². The maximum atomic E-state index is 10.5. The van der Waals surface area contributed by atoms with Crippen LogP contribution in [0.5, 0.6) is 0 Å². The van der Waals surface area contributed by atoms with E-state index in [1.807, 2.05) is 0 Å². The molecule has 7 heteroatoms. The number of nitrogens with zero attached hydrogens (tertiary/aromatic N) is 1. The second kappa shape index (κ2) is 3.83. The maximum Gasteiger partial charge on any atom is 1.00 e. The van der Waals surface area contributed by atoms with Crippen molar-refractivity contribution in [1.82, 2.24) is 4.31 Å². The molecule has 56 valence electrons. The third-order valence-electron chi connectivity index (χ3n) is 0.918. The number of carbonyl (C=O) groups excluding carboxylic acids is 2. The van der Waals surface area contributed by atoms with Gasteiger partial charge >= 0.3 is 18.9 Å². The van der Waals surface area contributed by atoms with E-state index in [1.165, 1.54) is 0 Å². The summed E-state index contributed by atoms with van der Waals surface area (Å²) in [5.74, 6) is -1.64. The predicted octanol–water partition coefficient (Wildman–Crippen LogP) is -4.18. The van der Waals surface area contributed by atoms with Crippen LogP contribution in [0.2, 0.25) is 0 Å². The van der Waals surface area contributed by atoms with Gasteiger partial charge in [-0.3, -0.25) is 13.8 Å². The fourth-order valence-corrected chi connectivity index (χ4v) is 0.949. The molecule has 0 aromatic rings. The van der Waals surface area contributed by atoms with Crippen molar-refractivity contribution in [3.05, 3.63) is 12.2 Å². The van der Waals surface area contributed by atoms with Crippen molar-refractivity contribution in [2.75, 3.05) is 0 Å². The largest absolute Gasteiger partial charge is 1.00 e. The van der Waals surface area contributed by atoms with E-state index in [2.05, 4.69) is 0 Å². The van der Waals surface area contributed by atoms with Crippen LogP contribution in [-0.2, 0) is 20.9 Å². The normalized spacial score (nSPS) is 18.5. The van der Waals surface area contributed by atoms with Crippen LogP contribution < -0.4 is 18.9 Å². The summed E-state index contributed by atoms with van der Waals surface area (Å²) in [7, 11) is 0. The van der Waals surface area contributed by atoms with Gasteiger partial charge in [0.2, 0.25) is 0 Å². The van der Waals surface area contributed by atoms with E-state index in [4.69, 9.17) is 0 Å². The zero-order chi connectivity index (χ0) is 7.72. The van der Waals surface area contributed by atoms with Crippen LogP contribution in [-0.4, -0.2) is 24.9 Å². The summed E-state index contributed by atoms with van der Waals surface area (Å²) < 4.78 is 20.3. The topological polar surface area (TPSA) is 77.5 Å². The minimum Gasteiger partial charge on any atom is -1.00 e. The number of hydrogen-bond acceptors (Lipinski definition) is 4. The smallest absolute Gasteiger partial charge is 1.00 e.